The van der Waals surface area contributed by atoms with Gasteiger partial charge in [-0.2, -0.15) is 0 Å². The van der Waals surface area contributed by atoms with Gasteiger partial charge < -0.3 is 19.9 Å². The van der Waals surface area contributed by atoms with Crippen LogP contribution in [0.15, 0.2) is 24.3 Å². The number of methoxy groups -OCH3 is 2. The van der Waals surface area contributed by atoms with Gasteiger partial charge in [-0.15, -0.1) is 0 Å². The first-order valence-electron chi connectivity index (χ1n) is 5.88. The minimum absolute atomic E-state index is 0.550. The molecule has 1 atom stereocenters. The van der Waals surface area contributed by atoms with Crippen molar-refractivity contribution < 1.29 is 23.8 Å². The van der Waals surface area contributed by atoms with Gasteiger partial charge in [-0.25, -0.2) is 4.79 Å². The fourth-order valence-corrected chi connectivity index (χ4v) is 1.39. The molecule has 0 aromatic heterocycles. The first-order valence-corrected chi connectivity index (χ1v) is 5.88. The second-order valence-electron chi connectivity index (χ2n) is 3.93. The van der Waals surface area contributed by atoms with Crippen molar-refractivity contribution in [2.45, 2.75) is 13.0 Å². The summed E-state index contributed by atoms with van der Waals surface area (Å²) >= 11 is 0. The van der Waals surface area contributed by atoms with Crippen molar-refractivity contribution in [1.82, 2.24) is 0 Å². The van der Waals surface area contributed by atoms with Gasteiger partial charge in [-0.05, 0) is 30.7 Å². The molecule has 0 unspecified atom stereocenters. The third-order valence-electron chi connectivity index (χ3n) is 2.51. The van der Waals surface area contributed by atoms with Gasteiger partial charge in [0, 0.05) is 6.08 Å². The van der Waals surface area contributed by atoms with E-state index in [4.69, 9.17) is 19.9 Å². The van der Waals surface area contributed by atoms with Crippen molar-refractivity contribution >= 4 is 18.0 Å². The molecule has 20 heavy (non-hydrogen) atoms. The number of hydrogen-bond acceptors (Lipinski definition) is 5. The predicted octanol–water partition coefficient (Wildman–Crippen LogP) is 1.13. The number of rotatable bonds is 6. The van der Waals surface area contributed by atoms with Gasteiger partial charge in [-0.1, -0.05) is 6.07 Å². The summed E-state index contributed by atoms with van der Waals surface area (Å²) in [7, 11) is 3.06. The van der Waals surface area contributed by atoms with Crippen LogP contribution in [0.3, 0.4) is 0 Å². The topological polar surface area (TPSA) is 87.9 Å². The van der Waals surface area contributed by atoms with Crippen molar-refractivity contribution in [3.05, 3.63) is 29.8 Å². The molecule has 1 aromatic rings. The Labute approximate surface area is 117 Å². The number of primary amides is 1. The molecule has 1 rings (SSSR count). The lowest BCUT2D eigenvalue weighted by atomic mass is 10.2. The highest BCUT2D eigenvalue weighted by molar-refractivity contribution is 5.90. The Kier molecular flexibility index (Phi) is 5.58. The Balaban J connectivity index is 2.75. The van der Waals surface area contributed by atoms with Crippen LogP contribution in [0.4, 0.5) is 0 Å². The molecular formula is C14H17NO5. The first-order chi connectivity index (χ1) is 9.47. The van der Waals surface area contributed by atoms with Crippen LogP contribution in [0, 0.1) is 0 Å². The maximum absolute atomic E-state index is 11.4. The lowest BCUT2D eigenvalue weighted by molar-refractivity contribution is -0.148. The minimum atomic E-state index is -0.961. The van der Waals surface area contributed by atoms with E-state index in [1.807, 2.05) is 0 Å². The average Bonchev–Trinajstić information content (AvgIpc) is 2.44. The zero-order chi connectivity index (χ0) is 15.1. The van der Waals surface area contributed by atoms with E-state index in [2.05, 4.69) is 0 Å². The number of carbonyl (C=O) groups is 2. The molecule has 0 fully saturated rings. The highest BCUT2D eigenvalue weighted by atomic mass is 16.5. The average molecular weight is 279 g/mol. The number of benzene rings is 1. The zero-order valence-corrected chi connectivity index (χ0v) is 11.6. The molecule has 6 heteroatoms. The number of hydrogen-bond donors (Lipinski definition) is 1. The molecule has 0 bridgehead atoms. The summed E-state index contributed by atoms with van der Waals surface area (Å²) < 4.78 is 15.0. The molecule has 1 aromatic carbocycles. The monoisotopic (exact) mass is 279 g/mol. The molecule has 0 saturated carbocycles. The molecule has 0 aliphatic rings. The van der Waals surface area contributed by atoms with Crippen molar-refractivity contribution in [2.75, 3.05) is 14.2 Å². The molecule has 0 saturated heterocycles. The zero-order valence-electron chi connectivity index (χ0n) is 11.6. The van der Waals surface area contributed by atoms with Crippen molar-refractivity contribution in [2.24, 2.45) is 5.73 Å². The third kappa shape index (κ3) is 4.31. The van der Waals surface area contributed by atoms with E-state index in [0.717, 1.165) is 5.56 Å². The predicted molar refractivity (Wildman–Crippen MR) is 73.3 cm³/mol. The molecule has 0 radical (unpaired) electrons. The number of amides is 1. The largest absolute Gasteiger partial charge is 0.493 e. The Morgan fingerprint density at radius 3 is 2.40 bits per heavy atom. The minimum Gasteiger partial charge on any atom is -0.493 e. The van der Waals surface area contributed by atoms with E-state index >= 15 is 0 Å². The lowest BCUT2D eigenvalue weighted by Crippen LogP contribution is -2.29. The maximum atomic E-state index is 11.4. The van der Waals surface area contributed by atoms with Gasteiger partial charge in [-0.3, -0.25) is 4.79 Å². The van der Waals surface area contributed by atoms with Gasteiger partial charge in [0.1, 0.15) is 0 Å². The SMILES string of the molecule is COc1ccc(/C=C/C(=O)O[C@H](C)C(N)=O)cc1OC. The normalized spacial score (nSPS) is 11.9. The molecule has 0 aliphatic heterocycles. The summed E-state index contributed by atoms with van der Waals surface area (Å²) in [5.41, 5.74) is 5.72. The van der Waals surface area contributed by atoms with E-state index in [0.29, 0.717) is 11.5 Å². The Morgan fingerprint density at radius 2 is 1.85 bits per heavy atom. The maximum Gasteiger partial charge on any atom is 0.331 e. The van der Waals surface area contributed by atoms with E-state index in [9.17, 15) is 9.59 Å². The summed E-state index contributed by atoms with van der Waals surface area (Å²) in [6.07, 6.45) is 1.79. The Hall–Kier alpha value is -2.50. The van der Waals surface area contributed by atoms with E-state index in [1.165, 1.54) is 33.3 Å². The van der Waals surface area contributed by atoms with Crippen molar-refractivity contribution in [3.63, 3.8) is 0 Å². The van der Waals surface area contributed by atoms with Gasteiger partial charge in [0.2, 0.25) is 0 Å². The smallest absolute Gasteiger partial charge is 0.331 e. The fourth-order valence-electron chi connectivity index (χ4n) is 1.39. The van der Waals surface area contributed by atoms with Gasteiger partial charge in [0.05, 0.1) is 14.2 Å². The molecule has 2 N–H and O–H groups in total. The summed E-state index contributed by atoms with van der Waals surface area (Å²) in [5, 5.41) is 0. The molecule has 6 nitrogen and oxygen atoms in total. The highest BCUT2D eigenvalue weighted by Crippen LogP contribution is 2.27. The van der Waals surface area contributed by atoms with Crippen LogP contribution in [-0.4, -0.2) is 32.2 Å². The molecule has 0 heterocycles. The second-order valence-corrected chi connectivity index (χ2v) is 3.93. The second kappa shape index (κ2) is 7.18. The lowest BCUT2D eigenvalue weighted by Gasteiger charge is -2.08. The van der Waals surface area contributed by atoms with Gasteiger partial charge in [0.15, 0.2) is 17.6 Å². The Bertz CT molecular complexity index is 524. The van der Waals surface area contributed by atoms with Crippen molar-refractivity contribution in [1.29, 1.82) is 0 Å². The number of ether oxygens (including phenoxy) is 3. The summed E-state index contributed by atoms with van der Waals surface area (Å²) in [4.78, 5) is 22.2. The van der Waals surface area contributed by atoms with Crippen LogP contribution in [-0.2, 0) is 14.3 Å². The summed E-state index contributed by atoms with van der Waals surface area (Å²) in [6, 6.07) is 5.18. The molecule has 1 amide bonds. The molecule has 0 aliphatic carbocycles. The number of carbonyl (C=O) groups excluding carboxylic acids is 2. The first kappa shape index (κ1) is 15.6. The van der Waals surface area contributed by atoms with Crippen LogP contribution < -0.4 is 15.2 Å². The molecule has 108 valence electrons. The van der Waals surface area contributed by atoms with Crippen LogP contribution in [0.1, 0.15) is 12.5 Å². The fraction of sp³-hybridized carbons (Fsp3) is 0.286. The van der Waals surface area contributed by atoms with Crippen LogP contribution in [0.5, 0.6) is 11.5 Å². The summed E-state index contributed by atoms with van der Waals surface area (Å²) in [6.45, 7) is 1.41. The number of nitrogens with two attached hydrogens (primary N) is 1. The van der Waals surface area contributed by atoms with Crippen molar-refractivity contribution in [3.8, 4) is 11.5 Å². The van der Waals surface area contributed by atoms with E-state index < -0.39 is 18.0 Å². The Morgan fingerprint density at radius 1 is 1.20 bits per heavy atom. The van der Waals surface area contributed by atoms with Gasteiger partial charge in [0.25, 0.3) is 5.91 Å². The number of esters is 1. The molecule has 0 spiro atoms. The van der Waals surface area contributed by atoms with Crippen LogP contribution >= 0.6 is 0 Å². The standard InChI is InChI=1S/C14H17NO5/c1-9(14(15)17)20-13(16)7-5-10-4-6-11(18-2)12(8-10)19-3/h4-9H,1-3H3,(H2,15,17)/b7-5+/t9-/m1/s1. The van der Waals surface area contributed by atoms with Crippen LogP contribution in [0.2, 0.25) is 0 Å². The van der Waals surface area contributed by atoms with Crippen LogP contribution in [0.25, 0.3) is 6.08 Å². The molecular weight excluding hydrogens is 262 g/mol. The third-order valence-corrected chi connectivity index (χ3v) is 2.51. The van der Waals surface area contributed by atoms with E-state index in [-0.39, 0.29) is 0 Å². The highest BCUT2D eigenvalue weighted by Gasteiger charge is 2.12. The van der Waals surface area contributed by atoms with Gasteiger partial charge >= 0.3 is 5.97 Å². The van der Waals surface area contributed by atoms with E-state index in [1.54, 1.807) is 18.2 Å². The quantitative estimate of drug-likeness (QED) is 0.623. The summed E-state index contributed by atoms with van der Waals surface area (Å²) in [5.74, 6) is -0.202.